The first-order valence-corrected chi connectivity index (χ1v) is 5.53. The van der Waals surface area contributed by atoms with Crippen molar-refractivity contribution in [3.8, 4) is 0 Å². The van der Waals surface area contributed by atoms with Gasteiger partial charge in [-0.25, -0.2) is 9.59 Å². The van der Waals surface area contributed by atoms with Crippen molar-refractivity contribution in [2.75, 3.05) is 6.54 Å². The van der Waals surface area contributed by atoms with E-state index in [-0.39, 0.29) is 12.3 Å². The number of ether oxygens (including phenoxy) is 1. The fraction of sp³-hybridized carbons (Fsp3) is 0.364. The number of oxime groups is 1. The van der Waals surface area contributed by atoms with Gasteiger partial charge in [-0.15, -0.1) is 0 Å². The molecule has 1 heterocycles. The number of amides is 1. The normalized spacial score (nSPS) is 29.1. The second-order valence-electron chi connectivity index (χ2n) is 4.20. The van der Waals surface area contributed by atoms with Crippen molar-refractivity contribution in [3.05, 3.63) is 23.4 Å². The van der Waals surface area contributed by atoms with Crippen molar-refractivity contribution in [2.24, 2.45) is 10.9 Å². The lowest BCUT2D eigenvalue weighted by Crippen LogP contribution is -2.36. The summed E-state index contributed by atoms with van der Waals surface area (Å²) in [7, 11) is 0. The van der Waals surface area contributed by atoms with Gasteiger partial charge in [0.25, 0.3) is 0 Å². The number of carbonyl (C=O) groups excluding carboxylic acids is 1. The first kappa shape index (κ1) is 13.1. The number of aliphatic carboxylic acids is 1. The zero-order valence-electron chi connectivity index (χ0n) is 10.1. The summed E-state index contributed by atoms with van der Waals surface area (Å²) in [4.78, 5) is 23.6. The lowest BCUT2D eigenvalue weighted by atomic mass is 9.97. The summed E-state index contributed by atoms with van der Waals surface area (Å²) in [6.45, 7) is 1.54. The molecule has 1 fully saturated rings. The van der Waals surface area contributed by atoms with Gasteiger partial charge < -0.3 is 20.8 Å². The maximum absolute atomic E-state index is 11.6. The molecule has 0 spiro atoms. The van der Waals surface area contributed by atoms with E-state index in [4.69, 9.17) is 20.8 Å². The van der Waals surface area contributed by atoms with Crippen LogP contribution in [0.15, 0.2) is 28.6 Å². The van der Waals surface area contributed by atoms with E-state index in [1.54, 1.807) is 19.1 Å². The lowest BCUT2D eigenvalue weighted by Gasteiger charge is -2.23. The van der Waals surface area contributed by atoms with Crippen molar-refractivity contribution >= 4 is 17.8 Å². The van der Waals surface area contributed by atoms with Crippen LogP contribution in [0.2, 0.25) is 0 Å². The summed E-state index contributed by atoms with van der Waals surface area (Å²) in [5.74, 6) is -1.21. The van der Waals surface area contributed by atoms with Crippen molar-refractivity contribution in [1.29, 1.82) is 0 Å². The minimum Gasteiger partial charge on any atom is -0.478 e. The summed E-state index contributed by atoms with van der Waals surface area (Å²) in [6, 6.07) is -0.567. The van der Waals surface area contributed by atoms with Gasteiger partial charge in [0.2, 0.25) is 6.10 Å². The average Bonchev–Trinajstić information content (AvgIpc) is 2.72. The summed E-state index contributed by atoms with van der Waals surface area (Å²) >= 11 is 0. The Morgan fingerprint density at radius 3 is 2.84 bits per heavy atom. The standard InChI is InChI=1S/C11H13N3O5/c1-5-7(3-2-6(12)9(5)13-18)14-4-8(10(15)16)19-11(14)17/h2-3,6,8,18H,4,12H2,1H3,(H,15,16). The van der Waals surface area contributed by atoms with Gasteiger partial charge in [0, 0.05) is 0 Å². The van der Waals surface area contributed by atoms with Crippen molar-refractivity contribution < 1.29 is 24.6 Å². The quantitative estimate of drug-likeness (QED) is 0.473. The molecule has 2 atom stereocenters. The highest BCUT2D eigenvalue weighted by molar-refractivity contribution is 6.06. The van der Waals surface area contributed by atoms with Crippen LogP contribution in [0.5, 0.6) is 0 Å². The molecule has 1 aliphatic heterocycles. The molecule has 0 aromatic heterocycles. The molecule has 8 nitrogen and oxygen atoms in total. The molecule has 0 aromatic rings. The Bertz CT molecular complexity index is 522. The highest BCUT2D eigenvalue weighted by atomic mass is 16.6. The minimum atomic E-state index is -1.21. The summed E-state index contributed by atoms with van der Waals surface area (Å²) < 4.78 is 4.72. The Morgan fingerprint density at radius 2 is 2.32 bits per heavy atom. The molecule has 19 heavy (non-hydrogen) atoms. The predicted molar refractivity (Wildman–Crippen MR) is 63.6 cm³/mol. The second-order valence-corrected chi connectivity index (χ2v) is 4.20. The van der Waals surface area contributed by atoms with E-state index < -0.39 is 24.2 Å². The molecular weight excluding hydrogens is 254 g/mol. The number of cyclic esters (lactones) is 1. The van der Waals surface area contributed by atoms with E-state index in [0.717, 1.165) is 0 Å². The second kappa shape index (κ2) is 4.73. The lowest BCUT2D eigenvalue weighted by molar-refractivity contribution is -0.144. The van der Waals surface area contributed by atoms with Gasteiger partial charge in [0.1, 0.15) is 5.71 Å². The van der Waals surface area contributed by atoms with Crippen LogP contribution >= 0.6 is 0 Å². The smallest absolute Gasteiger partial charge is 0.415 e. The molecular formula is C11H13N3O5. The van der Waals surface area contributed by atoms with Crippen LogP contribution < -0.4 is 5.73 Å². The molecule has 8 heteroatoms. The Balaban J connectivity index is 2.32. The zero-order chi connectivity index (χ0) is 14.2. The minimum absolute atomic E-state index is 0.0981. The highest BCUT2D eigenvalue weighted by Gasteiger charge is 2.39. The topological polar surface area (TPSA) is 125 Å². The van der Waals surface area contributed by atoms with E-state index in [9.17, 15) is 9.59 Å². The van der Waals surface area contributed by atoms with Gasteiger partial charge in [-0.3, -0.25) is 4.90 Å². The SMILES string of the molecule is CC1=C(N2CC(C(=O)O)OC2=O)C=CC(N)C1=NO. The molecule has 2 rings (SSSR count). The third-order valence-corrected chi connectivity index (χ3v) is 3.03. The van der Waals surface area contributed by atoms with Crippen LogP contribution in [-0.4, -0.2) is 51.7 Å². The molecule has 1 aliphatic carbocycles. The van der Waals surface area contributed by atoms with Crippen LogP contribution in [0.3, 0.4) is 0 Å². The van der Waals surface area contributed by atoms with Crippen LogP contribution in [0.4, 0.5) is 4.79 Å². The Morgan fingerprint density at radius 1 is 1.63 bits per heavy atom. The number of hydrogen-bond donors (Lipinski definition) is 3. The van der Waals surface area contributed by atoms with Crippen molar-refractivity contribution in [3.63, 3.8) is 0 Å². The number of carboxylic acids is 1. The maximum atomic E-state index is 11.6. The number of carboxylic acid groups (broad SMARTS) is 1. The van der Waals surface area contributed by atoms with Gasteiger partial charge >= 0.3 is 12.1 Å². The van der Waals surface area contributed by atoms with Crippen LogP contribution in [-0.2, 0) is 9.53 Å². The summed E-state index contributed by atoms with van der Waals surface area (Å²) in [5.41, 5.74) is 6.86. The first-order valence-electron chi connectivity index (χ1n) is 5.53. The molecule has 2 unspecified atom stereocenters. The Kier molecular flexibility index (Phi) is 3.26. The number of allylic oxidation sites excluding steroid dienone is 1. The van der Waals surface area contributed by atoms with E-state index >= 15 is 0 Å². The van der Waals surface area contributed by atoms with Crippen LogP contribution in [0.1, 0.15) is 6.92 Å². The molecule has 0 radical (unpaired) electrons. The molecule has 0 saturated carbocycles. The highest BCUT2D eigenvalue weighted by Crippen LogP contribution is 2.25. The third-order valence-electron chi connectivity index (χ3n) is 3.03. The molecule has 1 saturated heterocycles. The van der Waals surface area contributed by atoms with Crippen LogP contribution in [0.25, 0.3) is 0 Å². The van der Waals surface area contributed by atoms with E-state index in [0.29, 0.717) is 11.3 Å². The number of nitrogens with zero attached hydrogens (tertiary/aromatic N) is 2. The number of rotatable bonds is 2. The number of hydrogen-bond acceptors (Lipinski definition) is 6. The number of carbonyl (C=O) groups is 2. The molecule has 2 aliphatic rings. The predicted octanol–water partition coefficient (Wildman–Crippen LogP) is -0.107. The molecule has 0 bridgehead atoms. The fourth-order valence-corrected chi connectivity index (χ4v) is 2.01. The largest absolute Gasteiger partial charge is 0.478 e. The zero-order valence-corrected chi connectivity index (χ0v) is 10.1. The molecule has 4 N–H and O–H groups in total. The maximum Gasteiger partial charge on any atom is 0.415 e. The van der Waals surface area contributed by atoms with Crippen molar-refractivity contribution in [2.45, 2.75) is 19.1 Å². The van der Waals surface area contributed by atoms with Gasteiger partial charge in [-0.2, -0.15) is 0 Å². The van der Waals surface area contributed by atoms with Crippen molar-refractivity contribution in [1.82, 2.24) is 4.90 Å². The van der Waals surface area contributed by atoms with E-state index in [1.807, 2.05) is 0 Å². The fourth-order valence-electron chi connectivity index (χ4n) is 2.01. The van der Waals surface area contributed by atoms with Gasteiger partial charge in [0.15, 0.2) is 0 Å². The Labute approximate surface area is 108 Å². The van der Waals surface area contributed by atoms with E-state index in [2.05, 4.69) is 5.16 Å². The third kappa shape index (κ3) is 2.17. The summed E-state index contributed by atoms with van der Waals surface area (Å²) in [6.07, 6.45) is 1.18. The Hall–Kier alpha value is -2.35. The average molecular weight is 267 g/mol. The van der Waals surface area contributed by atoms with Gasteiger partial charge in [-0.05, 0) is 18.6 Å². The van der Waals surface area contributed by atoms with Gasteiger partial charge in [-0.1, -0.05) is 11.2 Å². The molecule has 102 valence electrons. The summed E-state index contributed by atoms with van der Waals surface area (Å²) in [5, 5.41) is 20.8. The van der Waals surface area contributed by atoms with E-state index in [1.165, 1.54) is 4.90 Å². The molecule has 1 amide bonds. The van der Waals surface area contributed by atoms with Crippen LogP contribution in [0, 0.1) is 0 Å². The number of nitrogens with two attached hydrogens (primary N) is 1. The molecule has 0 aromatic carbocycles. The first-order chi connectivity index (χ1) is 8.95. The monoisotopic (exact) mass is 267 g/mol. The van der Waals surface area contributed by atoms with Gasteiger partial charge in [0.05, 0.1) is 18.3 Å².